The van der Waals surface area contributed by atoms with E-state index in [1.165, 1.54) is 0 Å². The van der Waals surface area contributed by atoms with Crippen LogP contribution < -0.4 is 16.4 Å². The van der Waals surface area contributed by atoms with Crippen LogP contribution in [0.4, 0.5) is 5.69 Å². The summed E-state index contributed by atoms with van der Waals surface area (Å²) >= 11 is 0. The summed E-state index contributed by atoms with van der Waals surface area (Å²) in [5.74, 6) is 0. The molecule has 0 unspecified atom stereocenters. The molecule has 0 aliphatic heterocycles. The van der Waals surface area contributed by atoms with Gasteiger partial charge in [-0.2, -0.15) is 0 Å². The molecule has 6 nitrogen and oxygen atoms in total. The van der Waals surface area contributed by atoms with Crippen LogP contribution in [0.3, 0.4) is 0 Å². The van der Waals surface area contributed by atoms with E-state index in [1.54, 1.807) is 10.5 Å². The van der Waals surface area contributed by atoms with Crippen LogP contribution in [-0.2, 0) is 0 Å². The molecular formula is C20H22N4O2. The minimum absolute atomic E-state index is 0.0458. The Morgan fingerprint density at radius 3 is 2.62 bits per heavy atom. The van der Waals surface area contributed by atoms with Crippen molar-refractivity contribution in [2.75, 3.05) is 31.5 Å². The smallest absolute Gasteiger partial charge is 0.331 e. The Morgan fingerprint density at radius 2 is 1.85 bits per heavy atom. The molecule has 26 heavy (non-hydrogen) atoms. The molecule has 134 valence electrons. The van der Waals surface area contributed by atoms with Crippen molar-refractivity contribution in [1.82, 2.24) is 14.3 Å². The quantitative estimate of drug-likeness (QED) is 0.524. The van der Waals surface area contributed by atoms with Crippen molar-refractivity contribution in [3.8, 4) is 0 Å². The Kier molecular flexibility index (Phi) is 4.12. The van der Waals surface area contributed by atoms with Crippen LogP contribution in [0.1, 0.15) is 13.8 Å². The van der Waals surface area contributed by atoms with Gasteiger partial charge in [-0.1, -0.05) is 26.0 Å². The van der Waals surface area contributed by atoms with Crippen LogP contribution in [0.5, 0.6) is 0 Å². The highest BCUT2D eigenvalue weighted by Crippen LogP contribution is 2.26. The van der Waals surface area contributed by atoms with Gasteiger partial charge in [-0.05, 0) is 37.4 Å². The molecule has 4 aromatic rings. The maximum Gasteiger partial charge on any atom is 0.331 e. The molecule has 0 bridgehead atoms. The Labute approximate surface area is 150 Å². The lowest BCUT2D eigenvalue weighted by atomic mass is 10.1. The third-order valence-electron chi connectivity index (χ3n) is 5.10. The van der Waals surface area contributed by atoms with Gasteiger partial charge in [0, 0.05) is 24.2 Å². The number of hydrogen-bond donors (Lipinski definition) is 2. The molecule has 2 N–H and O–H groups in total. The minimum Gasteiger partial charge on any atom is -0.383 e. The Morgan fingerprint density at radius 1 is 1.08 bits per heavy atom. The van der Waals surface area contributed by atoms with Gasteiger partial charge >= 0.3 is 5.69 Å². The van der Waals surface area contributed by atoms with E-state index >= 15 is 0 Å². The zero-order chi connectivity index (χ0) is 18.3. The number of likely N-dealkylation sites (N-methyl/N-ethyl adjacent to an activating group) is 1. The van der Waals surface area contributed by atoms with Crippen molar-refractivity contribution in [2.45, 2.75) is 13.8 Å². The maximum atomic E-state index is 13.2. The summed E-state index contributed by atoms with van der Waals surface area (Å²) in [4.78, 5) is 30.8. The van der Waals surface area contributed by atoms with Gasteiger partial charge in [0.2, 0.25) is 0 Å². The van der Waals surface area contributed by atoms with Crippen LogP contribution in [0.25, 0.3) is 27.3 Å². The number of imidazole rings is 1. The van der Waals surface area contributed by atoms with E-state index in [4.69, 9.17) is 0 Å². The van der Waals surface area contributed by atoms with Crippen molar-refractivity contribution in [2.24, 2.45) is 0 Å². The normalized spacial score (nSPS) is 12.0. The van der Waals surface area contributed by atoms with Crippen LogP contribution in [0.2, 0.25) is 0 Å². The third kappa shape index (κ3) is 2.45. The average Bonchev–Trinajstić information content (AvgIpc) is 3.00. The third-order valence-corrected chi connectivity index (χ3v) is 5.10. The van der Waals surface area contributed by atoms with Crippen LogP contribution >= 0.6 is 0 Å². The van der Waals surface area contributed by atoms with Gasteiger partial charge in [0.1, 0.15) is 0 Å². The van der Waals surface area contributed by atoms with Gasteiger partial charge in [0.05, 0.1) is 21.9 Å². The second-order valence-corrected chi connectivity index (χ2v) is 6.45. The largest absolute Gasteiger partial charge is 0.383 e. The number of hydrogen-bond acceptors (Lipinski definition) is 4. The van der Waals surface area contributed by atoms with Gasteiger partial charge in [0.25, 0.3) is 0 Å². The van der Waals surface area contributed by atoms with E-state index in [0.717, 1.165) is 31.9 Å². The molecular weight excluding hydrogens is 328 g/mol. The zero-order valence-electron chi connectivity index (χ0n) is 15.0. The Balaban J connectivity index is 1.91. The van der Waals surface area contributed by atoms with Gasteiger partial charge in [-0.3, -0.25) is 9.20 Å². The highest BCUT2D eigenvalue weighted by Gasteiger charge is 2.17. The average molecular weight is 350 g/mol. The maximum absolute atomic E-state index is 13.2. The molecule has 6 heteroatoms. The predicted octanol–water partition coefficient (Wildman–Crippen LogP) is 2.49. The number of aromatic amines is 1. The highest BCUT2D eigenvalue weighted by molar-refractivity contribution is 6.06. The molecule has 0 spiro atoms. The van der Waals surface area contributed by atoms with Crippen LogP contribution in [-0.4, -0.2) is 40.5 Å². The number of aromatic nitrogens is 2. The lowest BCUT2D eigenvalue weighted by Crippen LogP contribution is -2.28. The lowest BCUT2D eigenvalue weighted by molar-refractivity contribution is 0.316. The first-order valence-electron chi connectivity index (χ1n) is 9.03. The van der Waals surface area contributed by atoms with Crippen molar-refractivity contribution in [1.29, 1.82) is 0 Å². The summed E-state index contributed by atoms with van der Waals surface area (Å²) < 4.78 is 1.61. The molecule has 0 radical (unpaired) electrons. The van der Waals surface area contributed by atoms with E-state index in [1.807, 2.05) is 30.3 Å². The van der Waals surface area contributed by atoms with Crippen molar-refractivity contribution in [3.05, 3.63) is 57.1 Å². The monoisotopic (exact) mass is 350 g/mol. The highest BCUT2D eigenvalue weighted by atomic mass is 16.1. The number of nitrogens with one attached hydrogen (secondary N) is 2. The van der Waals surface area contributed by atoms with E-state index in [-0.39, 0.29) is 11.1 Å². The van der Waals surface area contributed by atoms with Gasteiger partial charge < -0.3 is 15.2 Å². The van der Waals surface area contributed by atoms with Gasteiger partial charge in [-0.15, -0.1) is 0 Å². The lowest BCUT2D eigenvalue weighted by Gasteiger charge is -2.19. The van der Waals surface area contributed by atoms with Gasteiger partial charge in [0.15, 0.2) is 5.43 Å². The first-order chi connectivity index (χ1) is 12.7. The number of fused-ring (bicyclic) bond motifs is 2. The molecule has 0 aliphatic carbocycles. The topological polar surface area (TPSA) is 69.6 Å². The predicted molar refractivity (Wildman–Crippen MR) is 107 cm³/mol. The van der Waals surface area contributed by atoms with Crippen molar-refractivity contribution < 1.29 is 0 Å². The van der Waals surface area contributed by atoms with E-state index in [9.17, 15) is 9.59 Å². The van der Waals surface area contributed by atoms with E-state index in [0.29, 0.717) is 27.3 Å². The van der Waals surface area contributed by atoms with Crippen LogP contribution in [0, 0.1) is 0 Å². The second kappa shape index (κ2) is 6.46. The molecule has 2 aromatic carbocycles. The Hall–Kier alpha value is -2.86. The molecule has 4 rings (SSSR count). The minimum atomic E-state index is -0.221. The standard InChI is InChI=1S/C20H22N4O2/c1-3-23(4-2)12-11-21-14-9-10-15-18-17(14)19(25)13-7-5-6-8-16(13)24(18)20(26)22-15/h5-10,21H,3-4,11-12H2,1-2H3,(H,22,26). The second-order valence-electron chi connectivity index (χ2n) is 6.45. The zero-order valence-corrected chi connectivity index (χ0v) is 15.0. The number of nitrogens with zero attached hydrogens (tertiary/aromatic N) is 2. The van der Waals surface area contributed by atoms with Gasteiger partial charge in [-0.25, -0.2) is 4.79 Å². The molecule has 0 saturated carbocycles. The molecule has 0 aliphatic rings. The number of H-pyrrole nitrogens is 1. The summed E-state index contributed by atoms with van der Waals surface area (Å²) in [5, 5.41) is 4.52. The summed E-state index contributed by atoms with van der Waals surface area (Å²) in [5.41, 5.74) is 2.49. The molecule has 0 amide bonds. The van der Waals surface area contributed by atoms with E-state index in [2.05, 4.69) is 29.0 Å². The number of anilines is 1. The number of benzene rings is 2. The Bertz CT molecular complexity index is 1190. The summed E-state index contributed by atoms with van der Waals surface area (Å²) in [6.07, 6.45) is 0. The van der Waals surface area contributed by atoms with Crippen LogP contribution in [0.15, 0.2) is 46.0 Å². The fraction of sp³-hybridized carbons (Fsp3) is 0.300. The number of para-hydroxylation sites is 1. The molecule has 0 atom stereocenters. The summed E-state index contributed by atoms with van der Waals surface area (Å²) in [6.45, 7) is 7.90. The van der Waals surface area contributed by atoms with Crippen molar-refractivity contribution >= 4 is 33.0 Å². The number of rotatable bonds is 6. The van der Waals surface area contributed by atoms with E-state index < -0.39 is 0 Å². The summed E-state index contributed by atoms with van der Waals surface area (Å²) in [6, 6.07) is 11.0. The first kappa shape index (κ1) is 16.6. The number of pyridine rings is 1. The molecule has 2 heterocycles. The molecule has 2 aromatic heterocycles. The SMILES string of the molecule is CCN(CC)CCNc1ccc2[nH]c(=O)n3c4ccccc4c(=O)c1c23. The molecule has 0 saturated heterocycles. The molecule has 0 fully saturated rings. The summed E-state index contributed by atoms with van der Waals surface area (Å²) in [7, 11) is 0. The first-order valence-corrected chi connectivity index (χ1v) is 9.03. The fourth-order valence-electron chi connectivity index (χ4n) is 3.69. The van der Waals surface area contributed by atoms with Crippen molar-refractivity contribution in [3.63, 3.8) is 0 Å². The fourth-order valence-corrected chi connectivity index (χ4v) is 3.69.